The largest absolute Gasteiger partial charge is 0.395 e. The Bertz CT molecular complexity index is 567. The molecule has 0 aliphatic carbocycles. The highest BCUT2D eigenvalue weighted by molar-refractivity contribution is 7.88. The van der Waals surface area contributed by atoms with Crippen molar-refractivity contribution in [1.29, 1.82) is 0 Å². The van der Waals surface area contributed by atoms with E-state index in [0.29, 0.717) is 37.4 Å². The molecule has 0 saturated heterocycles. The van der Waals surface area contributed by atoms with Crippen LogP contribution in [0.5, 0.6) is 0 Å². The van der Waals surface area contributed by atoms with Crippen LogP contribution < -0.4 is 11.1 Å². The van der Waals surface area contributed by atoms with E-state index in [-0.39, 0.29) is 11.6 Å². The maximum atomic E-state index is 11.8. The molecule has 1 aromatic heterocycles. The minimum atomic E-state index is -3.19. The molecular formula is C11H21N5O3S. The summed E-state index contributed by atoms with van der Waals surface area (Å²) in [6.45, 7) is 4.64. The zero-order valence-electron chi connectivity index (χ0n) is 11.9. The minimum absolute atomic E-state index is 0.165. The van der Waals surface area contributed by atoms with Crippen LogP contribution in [0.3, 0.4) is 0 Å². The second-order valence-electron chi connectivity index (χ2n) is 4.48. The van der Waals surface area contributed by atoms with Crippen molar-refractivity contribution in [1.82, 2.24) is 19.8 Å². The van der Waals surface area contributed by atoms with E-state index >= 15 is 0 Å². The first-order chi connectivity index (χ1) is 9.27. The third-order valence-electron chi connectivity index (χ3n) is 2.90. The molecule has 1 amide bonds. The number of aromatic amines is 1. The van der Waals surface area contributed by atoms with Gasteiger partial charge in [-0.05, 0) is 13.3 Å². The monoisotopic (exact) mass is 303 g/mol. The smallest absolute Gasteiger partial charge is 0.273 e. The van der Waals surface area contributed by atoms with Crippen LogP contribution in [0.2, 0.25) is 0 Å². The quantitative estimate of drug-likeness (QED) is 0.597. The van der Waals surface area contributed by atoms with Crippen molar-refractivity contribution < 1.29 is 13.2 Å². The van der Waals surface area contributed by atoms with Gasteiger partial charge in [-0.15, -0.1) is 0 Å². The number of nitrogens with two attached hydrogens (primary N) is 1. The molecule has 0 aliphatic heterocycles. The van der Waals surface area contributed by atoms with Gasteiger partial charge in [0.05, 0.1) is 17.6 Å². The van der Waals surface area contributed by atoms with E-state index in [2.05, 4.69) is 15.5 Å². The van der Waals surface area contributed by atoms with Gasteiger partial charge in [-0.3, -0.25) is 9.89 Å². The van der Waals surface area contributed by atoms with Crippen LogP contribution in [-0.4, -0.2) is 54.7 Å². The predicted molar refractivity (Wildman–Crippen MR) is 76.8 cm³/mol. The number of hydrogen-bond donors (Lipinski definition) is 3. The third-order valence-corrected chi connectivity index (χ3v) is 4.28. The summed E-state index contributed by atoms with van der Waals surface area (Å²) in [7, 11) is -3.19. The summed E-state index contributed by atoms with van der Waals surface area (Å²) < 4.78 is 24.1. The zero-order chi connectivity index (χ0) is 15.3. The Morgan fingerprint density at radius 2 is 2.15 bits per heavy atom. The summed E-state index contributed by atoms with van der Waals surface area (Å²) in [5.41, 5.74) is 6.83. The Balaban J connectivity index is 2.42. The number of aryl methyl sites for hydroxylation is 1. The highest BCUT2D eigenvalue weighted by Crippen LogP contribution is 2.11. The molecule has 0 fully saturated rings. The third kappa shape index (κ3) is 4.20. The molecule has 4 N–H and O–H groups in total. The number of aromatic nitrogens is 2. The average molecular weight is 303 g/mol. The zero-order valence-corrected chi connectivity index (χ0v) is 12.7. The van der Waals surface area contributed by atoms with Gasteiger partial charge >= 0.3 is 0 Å². The summed E-state index contributed by atoms with van der Waals surface area (Å²) in [4.78, 5) is 11.8. The number of nitrogens with one attached hydrogen (secondary N) is 2. The second-order valence-corrected chi connectivity index (χ2v) is 6.46. The molecule has 0 aromatic carbocycles. The highest BCUT2D eigenvalue weighted by atomic mass is 32.2. The minimum Gasteiger partial charge on any atom is -0.395 e. The number of hydrogen-bond acceptors (Lipinski definition) is 5. The van der Waals surface area contributed by atoms with E-state index < -0.39 is 10.0 Å². The molecule has 1 heterocycles. The van der Waals surface area contributed by atoms with Crippen LogP contribution in [0, 0.1) is 6.92 Å². The number of amides is 1. The van der Waals surface area contributed by atoms with Crippen molar-refractivity contribution in [2.75, 3.05) is 31.6 Å². The Morgan fingerprint density at radius 1 is 1.50 bits per heavy atom. The van der Waals surface area contributed by atoms with Gasteiger partial charge in [-0.25, -0.2) is 12.7 Å². The van der Waals surface area contributed by atoms with Gasteiger partial charge in [0.25, 0.3) is 5.91 Å². The van der Waals surface area contributed by atoms with Gasteiger partial charge in [0.2, 0.25) is 10.0 Å². The molecule has 0 radical (unpaired) electrons. The van der Waals surface area contributed by atoms with E-state index in [0.717, 1.165) is 0 Å². The normalized spacial score (nSPS) is 11.8. The molecule has 0 unspecified atom stereocenters. The number of H-pyrrole nitrogens is 1. The van der Waals surface area contributed by atoms with Gasteiger partial charge < -0.3 is 11.1 Å². The molecular weight excluding hydrogens is 282 g/mol. The highest BCUT2D eigenvalue weighted by Gasteiger charge is 2.16. The van der Waals surface area contributed by atoms with Crippen LogP contribution in [0.1, 0.15) is 29.5 Å². The molecule has 1 aromatic rings. The fourth-order valence-corrected chi connectivity index (χ4v) is 2.64. The second kappa shape index (κ2) is 6.71. The van der Waals surface area contributed by atoms with Gasteiger partial charge in [0, 0.05) is 19.6 Å². The van der Waals surface area contributed by atoms with Crippen LogP contribution in [0.25, 0.3) is 0 Å². The number of sulfonamides is 1. The fraction of sp³-hybridized carbons (Fsp3) is 0.636. The predicted octanol–water partition coefficient (Wildman–Crippen LogP) is -0.298. The van der Waals surface area contributed by atoms with Crippen LogP contribution in [0.4, 0.5) is 5.69 Å². The molecule has 0 aliphatic rings. The maximum Gasteiger partial charge on any atom is 0.273 e. The number of nitrogen functional groups attached to an aromatic ring is 1. The Hall–Kier alpha value is -1.61. The number of anilines is 1. The number of carbonyl (C=O) groups is 1. The van der Waals surface area contributed by atoms with Crippen molar-refractivity contribution in [2.45, 2.75) is 20.3 Å². The van der Waals surface area contributed by atoms with Gasteiger partial charge in [0.1, 0.15) is 0 Å². The van der Waals surface area contributed by atoms with Crippen LogP contribution >= 0.6 is 0 Å². The molecule has 0 atom stereocenters. The summed E-state index contributed by atoms with van der Waals surface area (Å²) in [6.07, 6.45) is 1.69. The average Bonchev–Trinajstić information content (AvgIpc) is 2.68. The van der Waals surface area contributed by atoms with E-state index in [9.17, 15) is 13.2 Å². The lowest BCUT2D eigenvalue weighted by Gasteiger charge is -2.17. The molecule has 0 spiro atoms. The molecule has 0 bridgehead atoms. The fourth-order valence-electron chi connectivity index (χ4n) is 1.71. The van der Waals surface area contributed by atoms with E-state index in [1.807, 2.05) is 0 Å². The topological polar surface area (TPSA) is 121 Å². The standard InChI is InChI=1S/C11H21N5O3S/c1-4-16(20(3,18)19)7-5-6-13-11(17)10-9(12)8(2)14-15-10/h4-7,12H2,1-3H3,(H,13,17)(H,14,15). The Labute approximate surface area is 118 Å². The summed E-state index contributed by atoms with van der Waals surface area (Å²) in [5, 5.41) is 9.11. The Morgan fingerprint density at radius 3 is 2.60 bits per heavy atom. The summed E-state index contributed by atoms with van der Waals surface area (Å²) in [5.74, 6) is -0.366. The van der Waals surface area contributed by atoms with Gasteiger partial charge in [-0.1, -0.05) is 6.92 Å². The van der Waals surface area contributed by atoms with E-state index in [1.54, 1.807) is 13.8 Å². The van der Waals surface area contributed by atoms with Gasteiger partial charge in [0.15, 0.2) is 5.69 Å². The van der Waals surface area contributed by atoms with Gasteiger partial charge in [-0.2, -0.15) is 5.10 Å². The number of rotatable bonds is 7. The summed E-state index contributed by atoms with van der Waals surface area (Å²) in [6, 6.07) is 0. The first-order valence-electron chi connectivity index (χ1n) is 6.31. The lowest BCUT2D eigenvalue weighted by atomic mass is 10.3. The van der Waals surface area contributed by atoms with Crippen molar-refractivity contribution in [3.05, 3.63) is 11.4 Å². The molecule has 1 rings (SSSR count). The number of nitrogens with zero attached hydrogens (tertiary/aromatic N) is 2. The molecule has 114 valence electrons. The summed E-state index contributed by atoms with van der Waals surface area (Å²) >= 11 is 0. The Kier molecular flexibility index (Phi) is 5.52. The van der Waals surface area contributed by atoms with E-state index in [1.165, 1.54) is 10.6 Å². The molecule has 8 nitrogen and oxygen atoms in total. The van der Waals surface area contributed by atoms with Crippen LogP contribution in [0.15, 0.2) is 0 Å². The van der Waals surface area contributed by atoms with Crippen LogP contribution in [-0.2, 0) is 10.0 Å². The molecule has 0 saturated carbocycles. The molecule has 20 heavy (non-hydrogen) atoms. The van der Waals surface area contributed by atoms with Crippen molar-refractivity contribution >= 4 is 21.6 Å². The van der Waals surface area contributed by atoms with Crippen molar-refractivity contribution in [3.8, 4) is 0 Å². The maximum absolute atomic E-state index is 11.8. The number of carbonyl (C=O) groups excluding carboxylic acids is 1. The lowest BCUT2D eigenvalue weighted by Crippen LogP contribution is -2.33. The first-order valence-corrected chi connectivity index (χ1v) is 8.16. The van der Waals surface area contributed by atoms with Crippen molar-refractivity contribution in [2.24, 2.45) is 0 Å². The first kappa shape index (κ1) is 16.4. The SMILES string of the molecule is CCN(CCCNC(=O)c1n[nH]c(C)c1N)S(C)(=O)=O. The van der Waals surface area contributed by atoms with Crippen molar-refractivity contribution in [3.63, 3.8) is 0 Å². The molecule has 9 heteroatoms. The van der Waals surface area contributed by atoms with E-state index in [4.69, 9.17) is 5.73 Å². The lowest BCUT2D eigenvalue weighted by molar-refractivity contribution is 0.0948.